The summed E-state index contributed by atoms with van der Waals surface area (Å²) < 4.78 is 1.96. The first kappa shape index (κ1) is 12.0. The van der Waals surface area contributed by atoms with Crippen molar-refractivity contribution in [3.05, 3.63) is 35.5 Å². The fourth-order valence-corrected chi connectivity index (χ4v) is 2.83. The maximum absolute atomic E-state index is 6.06. The van der Waals surface area contributed by atoms with Crippen molar-refractivity contribution in [2.24, 2.45) is 0 Å². The Labute approximate surface area is 106 Å². The summed E-state index contributed by atoms with van der Waals surface area (Å²) in [5.74, 6) is 0. The molecule has 0 saturated heterocycles. The Morgan fingerprint density at radius 1 is 1.35 bits per heavy atom. The Hall–Kier alpha value is -1.42. The van der Waals surface area contributed by atoms with Crippen molar-refractivity contribution >= 4 is 17.4 Å². The second-order valence-corrected chi connectivity index (χ2v) is 5.10. The standard InChI is InChI=1S/C13H17N3S/c1-4-16-13(12(14)10(3)15-16)17-11-7-5-6-9(2)8-11/h5-8H,4,14H2,1-3H3. The highest BCUT2D eigenvalue weighted by Crippen LogP contribution is 2.33. The fourth-order valence-electron chi connectivity index (χ4n) is 1.69. The van der Waals surface area contributed by atoms with Crippen LogP contribution in [0.1, 0.15) is 18.2 Å². The summed E-state index contributed by atoms with van der Waals surface area (Å²) in [6.07, 6.45) is 0. The van der Waals surface area contributed by atoms with Crippen LogP contribution in [0.3, 0.4) is 0 Å². The van der Waals surface area contributed by atoms with E-state index in [0.717, 1.165) is 23.0 Å². The van der Waals surface area contributed by atoms with Crippen LogP contribution < -0.4 is 5.73 Å². The zero-order valence-electron chi connectivity index (χ0n) is 10.4. The van der Waals surface area contributed by atoms with Crippen LogP contribution in [0.15, 0.2) is 34.2 Å². The Morgan fingerprint density at radius 2 is 2.12 bits per heavy atom. The van der Waals surface area contributed by atoms with Crippen molar-refractivity contribution in [1.29, 1.82) is 0 Å². The van der Waals surface area contributed by atoms with Crippen molar-refractivity contribution in [3.63, 3.8) is 0 Å². The average Bonchev–Trinajstić information content (AvgIpc) is 2.57. The summed E-state index contributed by atoms with van der Waals surface area (Å²) >= 11 is 1.68. The predicted octanol–water partition coefficient (Wildman–Crippen LogP) is 3.25. The molecule has 90 valence electrons. The first-order valence-corrected chi connectivity index (χ1v) is 6.51. The van der Waals surface area contributed by atoms with Gasteiger partial charge in [-0.25, -0.2) is 0 Å². The van der Waals surface area contributed by atoms with Crippen molar-refractivity contribution in [3.8, 4) is 0 Å². The van der Waals surface area contributed by atoms with E-state index in [1.54, 1.807) is 11.8 Å². The molecule has 1 aromatic heterocycles. The molecule has 2 aromatic rings. The van der Waals surface area contributed by atoms with E-state index in [1.807, 2.05) is 11.6 Å². The number of anilines is 1. The molecule has 0 aliphatic rings. The predicted molar refractivity (Wildman–Crippen MR) is 72.4 cm³/mol. The third-order valence-corrected chi connectivity index (χ3v) is 3.74. The topological polar surface area (TPSA) is 43.8 Å². The van der Waals surface area contributed by atoms with Gasteiger partial charge < -0.3 is 5.73 Å². The van der Waals surface area contributed by atoms with Gasteiger partial charge in [-0.15, -0.1) is 0 Å². The Morgan fingerprint density at radius 3 is 2.76 bits per heavy atom. The van der Waals surface area contributed by atoms with Crippen molar-refractivity contribution < 1.29 is 0 Å². The SMILES string of the molecule is CCn1nc(C)c(N)c1Sc1cccc(C)c1. The van der Waals surface area contributed by atoms with Crippen LogP contribution in [-0.2, 0) is 6.54 Å². The Bertz CT molecular complexity index is 531. The number of rotatable bonds is 3. The van der Waals surface area contributed by atoms with Gasteiger partial charge in [0.2, 0.25) is 0 Å². The second kappa shape index (κ2) is 4.84. The zero-order chi connectivity index (χ0) is 12.4. The molecule has 0 bridgehead atoms. The molecule has 17 heavy (non-hydrogen) atoms. The van der Waals surface area contributed by atoms with Gasteiger partial charge in [0, 0.05) is 11.4 Å². The summed E-state index contributed by atoms with van der Waals surface area (Å²) in [7, 11) is 0. The lowest BCUT2D eigenvalue weighted by atomic mass is 10.2. The second-order valence-electron chi connectivity index (χ2n) is 4.04. The molecule has 0 unspecified atom stereocenters. The van der Waals surface area contributed by atoms with Crippen molar-refractivity contribution in [2.75, 3.05) is 5.73 Å². The Balaban J connectivity index is 2.35. The summed E-state index contributed by atoms with van der Waals surface area (Å²) in [4.78, 5) is 1.20. The molecule has 3 nitrogen and oxygen atoms in total. The van der Waals surface area contributed by atoms with E-state index in [1.165, 1.54) is 10.5 Å². The first-order valence-electron chi connectivity index (χ1n) is 5.69. The lowest BCUT2D eigenvalue weighted by molar-refractivity contribution is 0.602. The minimum atomic E-state index is 0.790. The maximum atomic E-state index is 6.06. The smallest absolute Gasteiger partial charge is 0.122 e. The first-order chi connectivity index (χ1) is 8.11. The quantitative estimate of drug-likeness (QED) is 0.905. The lowest BCUT2D eigenvalue weighted by Gasteiger charge is -2.06. The third kappa shape index (κ3) is 2.47. The Kier molecular flexibility index (Phi) is 3.43. The van der Waals surface area contributed by atoms with Crippen molar-refractivity contribution in [1.82, 2.24) is 9.78 Å². The maximum Gasteiger partial charge on any atom is 0.122 e. The molecule has 0 aliphatic carbocycles. The molecule has 2 N–H and O–H groups in total. The van der Waals surface area contributed by atoms with E-state index >= 15 is 0 Å². The molecule has 0 aliphatic heterocycles. The van der Waals surface area contributed by atoms with Crippen molar-refractivity contribution in [2.45, 2.75) is 37.2 Å². The molecule has 0 fully saturated rings. The van der Waals surface area contributed by atoms with Crippen LogP contribution in [0.5, 0.6) is 0 Å². The number of benzene rings is 1. The number of nitrogen functional groups attached to an aromatic ring is 1. The molecule has 0 radical (unpaired) electrons. The van der Waals surface area contributed by atoms with Gasteiger partial charge in [0.15, 0.2) is 0 Å². The molecular formula is C13H17N3S. The van der Waals surface area contributed by atoms with Crippen LogP contribution >= 0.6 is 11.8 Å². The van der Waals surface area contributed by atoms with Gasteiger partial charge in [0.05, 0.1) is 11.4 Å². The summed E-state index contributed by atoms with van der Waals surface area (Å²) in [5.41, 5.74) is 9.01. The number of hydrogen-bond acceptors (Lipinski definition) is 3. The van der Waals surface area contributed by atoms with Crippen LogP contribution in [-0.4, -0.2) is 9.78 Å². The number of aromatic nitrogens is 2. The van der Waals surface area contributed by atoms with Crippen LogP contribution in [0, 0.1) is 13.8 Å². The molecule has 0 spiro atoms. The van der Waals surface area contributed by atoms with Gasteiger partial charge in [0.1, 0.15) is 5.03 Å². The van der Waals surface area contributed by atoms with Gasteiger partial charge >= 0.3 is 0 Å². The highest BCUT2D eigenvalue weighted by Gasteiger charge is 2.12. The largest absolute Gasteiger partial charge is 0.395 e. The molecule has 2 rings (SSSR count). The molecule has 4 heteroatoms. The van der Waals surface area contributed by atoms with Gasteiger partial charge in [-0.1, -0.05) is 29.5 Å². The lowest BCUT2D eigenvalue weighted by Crippen LogP contribution is -1.98. The number of nitrogens with two attached hydrogens (primary N) is 1. The third-order valence-electron chi connectivity index (χ3n) is 2.63. The molecule has 0 saturated carbocycles. The normalized spacial score (nSPS) is 10.8. The molecule has 1 heterocycles. The van der Waals surface area contributed by atoms with Crippen LogP contribution in [0.2, 0.25) is 0 Å². The van der Waals surface area contributed by atoms with Gasteiger partial charge in [-0.2, -0.15) is 5.10 Å². The summed E-state index contributed by atoms with van der Waals surface area (Å²) in [5, 5.41) is 5.46. The van der Waals surface area contributed by atoms with E-state index in [9.17, 15) is 0 Å². The van der Waals surface area contributed by atoms with E-state index in [0.29, 0.717) is 0 Å². The molecule has 0 atom stereocenters. The van der Waals surface area contributed by atoms with E-state index in [4.69, 9.17) is 5.73 Å². The van der Waals surface area contributed by atoms with E-state index < -0.39 is 0 Å². The number of aryl methyl sites for hydroxylation is 3. The van der Waals surface area contributed by atoms with E-state index in [-0.39, 0.29) is 0 Å². The summed E-state index contributed by atoms with van der Waals surface area (Å²) in [6, 6.07) is 8.41. The van der Waals surface area contributed by atoms with Gasteiger partial charge in [-0.05, 0) is 32.9 Å². The molecule has 1 aromatic carbocycles. The fraction of sp³-hybridized carbons (Fsp3) is 0.308. The van der Waals surface area contributed by atoms with Crippen LogP contribution in [0.4, 0.5) is 5.69 Å². The highest BCUT2D eigenvalue weighted by atomic mass is 32.2. The van der Waals surface area contributed by atoms with Gasteiger partial charge in [0.25, 0.3) is 0 Å². The van der Waals surface area contributed by atoms with Crippen LogP contribution in [0.25, 0.3) is 0 Å². The highest BCUT2D eigenvalue weighted by molar-refractivity contribution is 7.99. The monoisotopic (exact) mass is 247 g/mol. The average molecular weight is 247 g/mol. The zero-order valence-corrected chi connectivity index (χ0v) is 11.2. The molecular weight excluding hydrogens is 230 g/mol. The number of nitrogens with zero attached hydrogens (tertiary/aromatic N) is 2. The minimum absolute atomic E-state index is 0.790. The molecule has 0 amide bonds. The van der Waals surface area contributed by atoms with E-state index in [2.05, 4.69) is 43.2 Å². The number of hydrogen-bond donors (Lipinski definition) is 1. The van der Waals surface area contributed by atoms with Gasteiger partial charge in [-0.3, -0.25) is 4.68 Å². The minimum Gasteiger partial charge on any atom is -0.395 e. The summed E-state index contributed by atoms with van der Waals surface area (Å²) in [6.45, 7) is 6.95.